The van der Waals surface area contributed by atoms with E-state index in [4.69, 9.17) is 52.1 Å². The van der Waals surface area contributed by atoms with Gasteiger partial charge in [0.15, 0.2) is 0 Å². The highest BCUT2D eigenvalue weighted by Gasteiger charge is 2.03. The first-order valence-corrected chi connectivity index (χ1v) is 17.8. The molecule has 0 aliphatic carbocycles. The van der Waals surface area contributed by atoms with Crippen LogP contribution in [0.25, 0.3) is 0 Å². The van der Waals surface area contributed by atoms with Crippen LogP contribution in [0.4, 0.5) is 4.39 Å². The summed E-state index contributed by atoms with van der Waals surface area (Å²) in [4.78, 5) is 11.8. The molecule has 0 amide bonds. The second-order valence-electron chi connectivity index (χ2n) is 10.6. The van der Waals surface area contributed by atoms with Crippen LogP contribution in [-0.2, 0) is 56.9 Å². The topological polar surface area (TPSA) is 119 Å². The molecular weight excluding hydrogens is 619 g/mol. The third-order valence-corrected chi connectivity index (χ3v) is 6.54. The number of rotatable bonds is 42. The monoisotopic (exact) mass is 686 g/mol. The van der Waals surface area contributed by atoms with E-state index in [-0.39, 0.29) is 19.2 Å². The van der Waals surface area contributed by atoms with Crippen LogP contribution in [0.1, 0.15) is 71.1 Å². The SMILES string of the molecule is CCCCCCCCCCCC(=O)OCCOCCOCCOCCOCCOCCOCCOCCOCCOCCOCCF. The minimum Gasteiger partial charge on any atom is -0.463 e. The first-order chi connectivity index (χ1) is 23.3. The van der Waals surface area contributed by atoms with Crippen LogP contribution in [0.15, 0.2) is 0 Å². The summed E-state index contributed by atoms with van der Waals surface area (Å²) in [5, 5.41) is 0. The number of hydrogen-bond donors (Lipinski definition) is 0. The van der Waals surface area contributed by atoms with Crippen molar-refractivity contribution in [2.75, 3.05) is 145 Å². The van der Waals surface area contributed by atoms with Gasteiger partial charge in [-0.15, -0.1) is 0 Å². The van der Waals surface area contributed by atoms with Gasteiger partial charge in [-0.05, 0) is 6.42 Å². The number of esters is 1. The van der Waals surface area contributed by atoms with E-state index < -0.39 is 6.67 Å². The van der Waals surface area contributed by atoms with Crippen molar-refractivity contribution in [1.29, 1.82) is 0 Å². The molecule has 0 bridgehead atoms. The maximum absolute atomic E-state index is 11.8. The Labute approximate surface area is 283 Å². The molecule has 0 saturated heterocycles. The van der Waals surface area contributed by atoms with Crippen molar-refractivity contribution >= 4 is 5.97 Å². The minimum absolute atomic E-state index is 0.112. The number of carbonyl (C=O) groups is 1. The van der Waals surface area contributed by atoms with Crippen LogP contribution in [0, 0.1) is 0 Å². The number of alkyl halides is 1. The Hall–Kier alpha value is -1.00. The highest BCUT2D eigenvalue weighted by atomic mass is 19.1. The Kier molecular flexibility index (Phi) is 42.1. The Balaban J connectivity index is 3.10. The fraction of sp³-hybridized carbons (Fsp3) is 0.971. The predicted molar refractivity (Wildman–Crippen MR) is 177 cm³/mol. The van der Waals surface area contributed by atoms with Crippen LogP contribution in [0.2, 0.25) is 0 Å². The first-order valence-electron chi connectivity index (χ1n) is 17.8. The Morgan fingerprint density at radius 3 is 0.915 bits per heavy atom. The molecule has 282 valence electrons. The molecule has 0 heterocycles. The Morgan fingerprint density at radius 1 is 0.362 bits per heavy atom. The summed E-state index contributed by atoms with van der Waals surface area (Å²) in [7, 11) is 0. The molecule has 0 aromatic heterocycles. The molecule has 0 unspecified atom stereocenters. The fourth-order valence-corrected chi connectivity index (χ4v) is 4.00. The van der Waals surface area contributed by atoms with Crippen LogP contribution in [0.5, 0.6) is 0 Å². The zero-order valence-corrected chi connectivity index (χ0v) is 29.4. The molecule has 0 fully saturated rings. The minimum atomic E-state index is -0.476. The number of ether oxygens (including phenoxy) is 11. The smallest absolute Gasteiger partial charge is 0.305 e. The van der Waals surface area contributed by atoms with Crippen LogP contribution in [0.3, 0.4) is 0 Å². The average Bonchev–Trinajstić information content (AvgIpc) is 3.08. The lowest BCUT2D eigenvalue weighted by molar-refractivity contribution is -0.145. The van der Waals surface area contributed by atoms with E-state index in [1.54, 1.807) is 0 Å². The molecule has 0 atom stereocenters. The summed E-state index contributed by atoms with van der Waals surface area (Å²) in [5.74, 6) is -0.139. The molecule has 0 saturated carbocycles. The van der Waals surface area contributed by atoms with Crippen molar-refractivity contribution < 1.29 is 61.3 Å². The molecule has 0 N–H and O–H groups in total. The zero-order chi connectivity index (χ0) is 34.0. The van der Waals surface area contributed by atoms with Crippen molar-refractivity contribution in [2.24, 2.45) is 0 Å². The van der Waals surface area contributed by atoms with E-state index in [0.29, 0.717) is 132 Å². The van der Waals surface area contributed by atoms with Gasteiger partial charge in [0.05, 0.1) is 132 Å². The molecule has 0 aromatic carbocycles. The molecule has 12 nitrogen and oxygen atoms in total. The Morgan fingerprint density at radius 2 is 0.617 bits per heavy atom. The van der Waals surface area contributed by atoms with Gasteiger partial charge in [0.1, 0.15) is 13.3 Å². The van der Waals surface area contributed by atoms with Gasteiger partial charge in [0, 0.05) is 6.42 Å². The summed E-state index contributed by atoms with van der Waals surface area (Å²) >= 11 is 0. The van der Waals surface area contributed by atoms with Gasteiger partial charge in [-0.3, -0.25) is 4.79 Å². The van der Waals surface area contributed by atoms with Crippen LogP contribution in [-0.4, -0.2) is 151 Å². The second-order valence-corrected chi connectivity index (χ2v) is 10.6. The molecule has 13 heteroatoms. The second kappa shape index (κ2) is 43.0. The zero-order valence-electron chi connectivity index (χ0n) is 29.4. The molecule has 0 radical (unpaired) electrons. The largest absolute Gasteiger partial charge is 0.463 e. The summed E-state index contributed by atoms with van der Waals surface area (Å²) in [6, 6.07) is 0. The maximum atomic E-state index is 11.8. The van der Waals surface area contributed by atoms with Crippen LogP contribution >= 0.6 is 0 Å². The van der Waals surface area contributed by atoms with Gasteiger partial charge < -0.3 is 52.1 Å². The van der Waals surface area contributed by atoms with Crippen molar-refractivity contribution in [3.05, 3.63) is 0 Å². The van der Waals surface area contributed by atoms with Crippen molar-refractivity contribution in [3.8, 4) is 0 Å². The predicted octanol–water partition coefficient (Wildman–Crippen LogP) is 4.59. The lowest BCUT2D eigenvalue weighted by Crippen LogP contribution is -2.15. The summed E-state index contributed by atoms with van der Waals surface area (Å²) in [6.07, 6.45) is 11.6. The van der Waals surface area contributed by atoms with E-state index in [2.05, 4.69) is 6.92 Å². The third kappa shape index (κ3) is 43.0. The van der Waals surface area contributed by atoms with Gasteiger partial charge in [-0.1, -0.05) is 58.3 Å². The van der Waals surface area contributed by atoms with Crippen molar-refractivity contribution in [3.63, 3.8) is 0 Å². The van der Waals surface area contributed by atoms with E-state index in [9.17, 15) is 9.18 Å². The van der Waals surface area contributed by atoms with Gasteiger partial charge in [-0.2, -0.15) is 0 Å². The van der Waals surface area contributed by atoms with Crippen molar-refractivity contribution in [2.45, 2.75) is 71.1 Å². The van der Waals surface area contributed by atoms with Gasteiger partial charge in [0.25, 0.3) is 0 Å². The molecule has 0 aliphatic heterocycles. The summed E-state index contributed by atoms with van der Waals surface area (Å²) in [6.45, 7) is 11.1. The molecule has 0 spiro atoms. The molecular formula is C34H67FO12. The number of halogens is 1. The highest BCUT2D eigenvalue weighted by molar-refractivity contribution is 5.69. The molecule has 0 aliphatic rings. The van der Waals surface area contributed by atoms with E-state index in [0.717, 1.165) is 12.8 Å². The van der Waals surface area contributed by atoms with E-state index in [1.807, 2.05) is 0 Å². The summed E-state index contributed by atoms with van der Waals surface area (Å²) in [5.41, 5.74) is 0. The maximum Gasteiger partial charge on any atom is 0.305 e. The molecule has 47 heavy (non-hydrogen) atoms. The average molecular weight is 687 g/mol. The normalized spacial score (nSPS) is 11.4. The number of hydrogen-bond acceptors (Lipinski definition) is 12. The van der Waals surface area contributed by atoms with Crippen molar-refractivity contribution in [1.82, 2.24) is 0 Å². The van der Waals surface area contributed by atoms with Gasteiger partial charge in [0.2, 0.25) is 0 Å². The first kappa shape index (κ1) is 46.0. The van der Waals surface area contributed by atoms with E-state index >= 15 is 0 Å². The third-order valence-electron chi connectivity index (χ3n) is 6.54. The summed E-state index contributed by atoms with van der Waals surface area (Å²) < 4.78 is 70.9. The van der Waals surface area contributed by atoms with Gasteiger partial charge >= 0.3 is 5.97 Å². The Bertz CT molecular complexity index is 591. The van der Waals surface area contributed by atoms with E-state index in [1.165, 1.54) is 44.9 Å². The highest BCUT2D eigenvalue weighted by Crippen LogP contribution is 2.10. The quantitative estimate of drug-likeness (QED) is 0.0661. The molecule has 0 aromatic rings. The van der Waals surface area contributed by atoms with Crippen LogP contribution < -0.4 is 0 Å². The number of unbranched alkanes of at least 4 members (excludes halogenated alkanes) is 8. The lowest BCUT2D eigenvalue weighted by Gasteiger charge is -2.09. The van der Waals surface area contributed by atoms with Gasteiger partial charge in [-0.25, -0.2) is 4.39 Å². The lowest BCUT2D eigenvalue weighted by atomic mass is 10.1. The standard InChI is InChI=1S/C34H67FO12/c1-2-3-4-5-6-7-8-9-10-11-34(36)47-33-32-46-31-30-45-29-28-44-27-26-43-25-24-42-23-22-41-21-20-40-19-18-39-17-16-38-15-14-37-13-12-35/h2-33H2,1H3. The fourth-order valence-electron chi connectivity index (χ4n) is 4.00. The molecule has 0 rings (SSSR count). The number of carbonyl (C=O) groups excluding carboxylic acids is 1.